The number of hydrogen-bond acceptors (Lipinski definition) is 3. The summed E-state index contributed by atoms with van der Waals surface area (Å²) in [5.74, 6) is -0.525. The number of benzene rings is 2. The van der Waals surface area contributed by atoms with Gasteiger partial charge in [0.1, 0.15) is 0 Å². The zero-order valence-electron chi connectivity index (χ0n) is 12.5. The van der Waals surface area contributed by atoms with Gasteiger partial charge in [0.15, 0.2) is 9.84 Å². The molecule has 1 N–H and O–H groups in total. The molecule has 2 aromatic rings. The van der Waals surface area contributed by atoms with Gasteiger partial charge in [-0.15, -0.1) is 0 Å². The highest BCUT2D eigenvalue weighted by molar-refractivity contribution is 7.92. The third kappa shape index (κ3) is 3.86. The zero-order valence-corrected chi connectivity index (χ0v) is 14.8. The van der Waals surface area contributed by atoms with Crippen LogP contribution in [-0.2, 0) is 9.84 Å². The lowest BCUT2D eigenvalue weighted by atomic mass is 10.2. The lowest BCUT2D eigenvalue weighted by Gasteiger charge is -2.13. The van der Waals surface area contributed by atoms with Crippen molar-refractivity contribution in [3.8, 4) is 0 Å². The van der Waals surface area contributed by atoms with Gasteiger partial charge in [-0.3, -0.25) is 4.79 Å². The fraction of sp³-hybridized carbons (Fsp3) is 0.188. The number of hydrogen-bond donors (Lipinski definition) is 1. The average molecular weight is 372 g/mol. The third-order valence-corrected chi connectivity index (χ3v) is 6.19. The molecule has 23 heavy (non-hydrogen) atoms. The smallest absolute Gasteiger partial charge is 0.256 e. The highest BCUT2D eigenvalue weighted by Gasteiger charge is 2.25. The van der Waals surface area contributed by atoms with Gasteiger partial charge in [-0.05, 0) is 44.2 Å². The van der Waals surface area contributed by atoms with E-state index in [1.807, 2.05) is 0 Å². The first-order valence-corrected chi connectivity index (χ1v) is 9.13. The normalized spacial score (nSPS) is 11.5. The second kappa shape index (κ2) is 6.91. The van der Waals surface area contributed by atoms with Gasteiger partial charge >= 0.3 is 0 Å². The highest BCUT2D eigenvalue weighted by Crippen LogP contribution is 2.26. The van der Waals surface area contributed by atoms with Gasteiger partial charge in [-0.25, -0.2) is 8.42 Å². The molecular formula is C16H15Cl2NO3S. The molecule has 0 radical (unpaired) electrons. The van der Waals surface area contributed by atoms with E-state index in [4.69, 9.17) is 23.2 Å². The van der Waals surface area contributed by atoms with Crippen LogP contribution in [0, 0.1) is 0 Å². The summed E-state index contributed by atoms with van der Waals surface area (Å²) in [4.78, 5) is 12.5. The fourth-order valence-corrected chi connectivity index (χ4v) is 3.47. The Morgan fingerprint density at radius 3 is 2.30 bits per heavy atom. The number of nitrogens with one attached hydrogen (secondary N) is 1. The molecule has 0 aliphatic carbocycles. The van der Waals surface area contributed by atoms with Crippen molar-refractivity contribution in [2.45, 2.75) is 24.0 Å². The third-order valence-electron chi connectivity index (χ3n) is 3.24. The molecule has 0 heterocycles. The molecule has 0 aliphatic heterocycles. The Morgan fingerprint density at radius 2 is 1.70 bits per heavy atom. The van der Waals surface area contributed by atoms with E-state index in [2.05, 4.69) is 5.32 Å². The summed E-state index contributed by atoms with van der Waals surface area (Å²) in [6.07, 6.45) is 0. The number of anilines is 1. The molecule has 0 saturated heterocycles. The van der Waals surface area contributed by atoms with E-state index in [1.54, 1.807) is 38.1 Å². The highest BCUT2D eigenvalue weighted by atomic mass is 35.5. The van der Waals surface area contributed by atoms with E-state index in [9.17, 15) is 13.2 Å². The van der Waals surface area contributed by atoms with Crippen LogP contribution in [-0.4, -0.2) is 19.6 Å². The van der Waals surface area contributed by atoms with E-state index >= 15 is 0 Å². The minimum absolute atomic E-state index is 0.00700. The summed E-state index contributed by atoms with van der Waals surface area (Å²) < 4.78 is 24.8. The van der Waals surface area contributed by atoms with Gasteiger partial charge in [0.05, 0.1) is 25.8 Å². The summed E-state index contributed by atoms with van der Waals surface area (Å²) >= 11 is 11.7. The zero-order chi connectivity index (χ0) is 17.2. The van der Waals surface area contributed by atoms with Gasteiger partial charge in [0.25, 0.3) is 5.91 Å². The largest absolute Gasteiger partial charge is 0.322 e. The molecule has 2 rings (SSSR count). The molecule has 2 aromatic carbocycles. The molecule has 0 saturated carbocycles. The Balaban J connectivity index is 2.39. The molecule has 0 atom stereocenters. The quantitative estimate of drug-likeness (QED) is 0.864. The SMILES string of the molecule is CC(C)S(=O)(=O)c1ccccc1C(=O)Nc1ccc(Cl)c(Cl)c1. The molecule has 4 nitrogen and oxygen atoms in total. The summed E-state index contributed by atoms with van der Waals surface area (Å²) in [6, 6.07) is 10.7. The van der Waals surface area contributed by atoms with Gasteiger partial charge in [-0.1, -0.05) is 35.3 Å². The first kappa shape index (κ1) is 17.8. The van der Waals surface area contributed by atoms with Crippen LogP contribution in [0.1, 0.15) is 24.2 Å². The standard InChI is InChI=1S/C16H15Cl2NO3S/c1-10(2)23(21,22)15-6-4-3-5-12(15)16(20)19-11-7-8-13(17)14(18)9-11/h3-10H,1-2H3,(H,19,20). The van der Waals surface area contributed by atoms with Crippen LogP contribution < -0.4 is 5.32 Å². The molecule has 0 spiro atoms. The average Bonchev–Trinajstić information content (AvgIpc) is 2.50. The van der Waals surface area contributed by atoms with Crippen molar-refractivity contribution < 1.29 is 13.2 Å². The number of carbonyl (C=O) groups excluding carboxylic acids is 1. The van der Waals surface area contributed by atoms with Crippen molar-refractivity contribution in [3.05, 3.63) is 58.1 Å². The predicted octanol–water partition coefficient (Wildman–Crippen LogP) is 4.43. The maximum atomic E-state index is 12.4. The van der Waals surface area contributed by atoms with Gasteiger partial charge < -0.3 is 5.32 Å². The molecule has 7 heteroatoms. The second-order valence-electron chi connectivity index (χ2n) is 5.17. The summed E-state index contributed by atoms with van der Waals surface area (Å²) in [5, 5.41) is 2.67. The van der Waals surface area contributed by atoms with Crippen molar-refractivity contribution in [1.29, 1.82) is 0 Å². The maximum absolute atomic E-state index is 12.4. The fourth-order valence-electron chi connectivity index (χ4n) is 1.93. The predicted molar refractivity (Wildman–Crippen MR) is 93.2 cm³/mol. The summed E-state index contributed by atoms with van der Waals surface area (Å²) in [5.41, 5.74) is 0.522. The monoisotopic (exact) mass is 371 g/mol. The minimum atomic E-state index is -3.57. The number of sulfone groups is 1. The lowest BCUT2D eigenvalue weighted by molar-refractivity contribution is 0.102. The Bertz CT molecular complexity index is 848. The summed E-state index contributed by atoms with van der Waals surface area (Å²) in [6.45, 7) is 3.14. The van der Waals surface area contributed by atoms with Crippen LogP contribution in [0.2, 0.25) is 10.0 Å². The van der Waals surface area contributed by atoms with Crippen molar-refractivity contribution >= 4 is 44.6 Å². The van der Waals surface area contributed by atoms with Gasteiger partial charge in [0, 0.05) is 5.69 Å². The molecular weight excluding hydrogens is 357 g/mol. The van der Waals surface area contributed by atoms with Crippen LogP contribution in [0.5, 0.6) is 0 Å². The van der Waals surface area contributed by atoms with Crippen molar-refractivity contribution in [2.24, 2.45) is 0 Å². The van der Waals surface area contributed by atoms with Crippen molar-refractivity contribution in [2.75, 3.05) is 5.32 Å². The summed E-state index contributed by atoms with van der Waals surface area (Å²) in [7, 11) is -3.57. The van der Waals surface area contributed by atoms with Gasteiger partial charge in [0.2, 0.25) is 0 Å². The van der Waals surface area contributed by atoms with E-state index in [0.717, 1.165) is 0 Å². The molecule has 0 unspecified atom stereocenters. The van der Waals surface area contributed by atoms with E-state index < -0.39 is 21.0 Å². The number of carbonyl (C=O) groups is 1. The lowest BCUT2D eigenvalue weighted by Crippen LogP contribution is -2.20. The topological polar surface area (TPSA) is 63.2 Å². The van der Waals surface area contributed by atoms with Crippen LogP contribution in [0.15, 0.2) is 47.4 Å². The Kier molecular flexibility index (Phi) is 5.34. The first-order valence-electron chi connectivity index (χ1n) is 6.83. The Hall–Kier alpha value is -1.56. The van der Waals surface area contributed by atoms with Crippen molar-refractivity contribution in [1.82, 2.24) is 0 Å². The number of amides is 1. The molecule has 0 bridgehead atoms. The number of halogens is 2. The Morgan fingerprint density at radius 1 is 1.04 bits per heavy atom. The van der Waals surface area contributed by atoms with E-state index in [1.165, 1.54) is 18.2 Å². The van der Waals surface area contributed by atoms with Crippen LogP contribution in [0.4, 0.5) is 5.69 Å². The first-order chi connectivity index (χ1) is 10.7. The van der Waals surface area contributed by atoms with E-state index in [-0.39, 0.29) is 10.5 Å². The molecule has 0 fully saturated rings. The molecule has 122 valence electrons. The maximum Gasteiger partial charge on any atom is 0.256 e. The van der Waals surface area contributed by atoms with Crippen LogP contribution in [0.3, 0.4) is 0 Å². The van der Waals surface area contributed by atoms with Crippen LogP contribution in [0.25, 0.3) is 0 Å². The molecule has 0 aromatic heterocycles. The van der Waals surface area contributed by atoms with Gasteiger partial charge in [-0.2, -0.15) is 0 Å². The van der Waals surface area contributed by atoms with E-state index in [0.29, 0.717) is 15.7 Å². The molecule has 1 amide bonds. The second-order valence-corrected chi connectivity index (χ2v) is 8.46. The number of rotatable bonds is 4. The minimum Gasteiger partial charge on any atom is -0.322 e. The van der Waals surface area contributed by atoms with Crippen LogP contribution >= 0.6 is 23.2 Å². The van der Waals surface area contributed by atoms with Crippen molar-refractivity contribution in [3.63, 3.8) is 0 Å². The Labute approximate surface area is 145 Å². The molecule has 0 aliphatic rings.